The first kappa shape index (κ1) is 13.0. The number of carboxylic acid groups (broad SMARTS) is 1. The molecule has 106 valence electrons. The van der Waals surface area contributed by atoms with Crippen LogP contribution in [-0.2, 0) is 19.5 Å². The maximum atomic E-state index is 11.2. The van der Waals surface area contributed by atoms with Gasteiger partial charge in [-0.3, -0.25) is 0 Å². The molecule has 2 aromatic rings. The number of para-hydroxylation sites is 1. The number of rotatable bonds is 2. The second-order valence-electron chi connectivity index (χ2n) is 5.90. The number of nitrogens with zero attached hydrogens (tertiary/aromatic N) is 2. The first-order valence-corrected chi connectivity index (χ1v) is 7.14. The van der Waals surface area contributed by atoms with Gasteiger partial charge >= 0.3 is 6.09 Å². The van der Waals surface area contributed by atoms with Crippen molar-refractivity contribution < 1.29 is 9.90 Å². The number of aromatic nitrogens is 1. The quantitative estimate of drug-likeness (QED) is 0.911. The number of hydrogen-bond acceptors (Lipinski definition) is 1. The molecule has 1 aliphatic heterocycles. The molecule has 1 amide bonds. The molecule has 4 heteroatoms. The first-order valence-electron chi connectivity index (χ1n) is 7.14. The number of fused-ring (bicyclic) bond motifs is 3. The van der Waals surface area contributed by atoms with Gasteiger partial charge in [0.05, 0.1) is 6.54 Å². The van der Waals surface area contributed by atoms with Crippen LogP contribution in [0.4, 0.5) is 4.79 Å². The smallest absolute Gasteiger partial charge is 0.407 e. The summed E-state index contributed by atoms with van der Waals surface area (Å²) in [6.07, 6.45) is -0.0143. The fourth-order valence-corrected chi connectivity index (χ4v) is 3.14. The fourth-order valence-electron chi connectivity index (χ4n) is 3.14. The van der Waals surface area contributed by atoms with Crippen molar-refractivity contribution in [3.8, 4) is 0 Å². The Morgan fingerprint density at radius 2 is 2.10 bits per heavy atom. The topological polar surface area (TPSA) is 45.5 Å². The van der Waals surface area contributed by atoms with Crippen molar-refractivity contribution in [1.82, 2.24) is 9.47 Å². The molecule has 0 spiro atoms. The van der Waals surface area contributed by atoms with Gasteiger partial charge in [0.15, 0.2) is 0 Å². The van der Waals surface area contributed by atoms with Crippen molar-refractivity contribution in [2.45, 2.75) is 33.4 Å². The van der Waals surface area contributed by atoms with Crippen molar-refractivity contribution in [1.29, 1.82) is 0 Å². The maximum Gasteiger partial charge on any atom is 0.407 e. The van der Waals surface area contributed by atoms with Gasteiger partial charge in [0, 0.05) is 41.7 Å². The van der Waals surface area contributed by atoms with Crippen LogP contribution in [0.25, 0.3) is 10.9 Å². The van der Waals surface area contributed by atoms with Crippen LogP contribution in [0, 0.1) is 5.92 Å². The number of amides is 1. The molecule has 4 nitrogen and oxygen atoms in total. The lowest BCUT2D eigenvalue weighted by Gasteiger charge is -2.26. The highest BCUT2D eigenvalue weighted by Gasteiger charge is 2.26. The van der Waals surface area contributed by atoms with Gasteiger partial charge in [-0.2, -0.15) is 0 Å². The lowest BCUT2D eigenvalue weighted by atomic mass is 10.0. The zero-order chi connectivity index (χ0) is 14.3. The molecule has 0 fully saturated rings. The SMILES string of the molecule is CC(C)Cn1c2c(c3ccccc31)CN(C(=O)O)CC2. The van der Waals surface area contributed by atoms with Crippen LogP contribution in [0.1, 0.15) is 25.1 Å². The summed E-state index contributed by atoms with van der Waals surface area (Å²) in [4.78, 5) is 12.7. The molecular weight excluding hydrogens is 252 g/mol. The minimum atomic E-state index is -0.823. The highest BCUT2D eigenvalue weighted by Crippen LogP contribution is 2.31. The van der Waals surface area contributed by atoms with Gasteiger partial charge in [-0.05, 0) is 12.0 Å². The second kappa shape index (κ2) is 4.85. The summed E-state index contributed by atoms with van der Waals surface area (Å²) in [5, 5.41) is 10.4. The van der Waals surface area contributed by atoms with Crippen LogP contribution in [-0.4, -0.2) is 27.2 Å². The van der Waals surface area contributed by atoms with Gasteiger partial charge in [-0.1, -0.05) is 32.0 Å². The number of benzene rings is 1. The van der Waals surface area contributed by atoms with E-state index in [1.807, 2.05) is 6.07 Å². The Balaban J connectivity index is 2.14. The minimum absolute atomic E-state index is 0.510. The number of carbonyl (C=O) groups is 1. The maximum absolute atomic E-state index is 11.2. The molecule has 3 rings (SSSR count). The molecule has 20 heavy (non-hydrogen) atoms. The van der Waals surface area contributed by atoms with Crippen molar-refractivity contribution >= 4 is 17.0 Å². The molecule has 0 saturated heterocycles. The van der Waals surface area contributed by atoms with E-state index in [0.717, 1.165) is 13.0 Å². The Morgan fingerprint density at radius 1 is 1.35 bits per heavy atom. The van der Waals surface area contributed by atoms with Crippen LogP contribution < -0.4 is 0 Å². The van der Waals surface area contributed by atoms with Gasteiger partial charge in [0.25, 0.3) is 0 Å². The Bertz CT molecular complexity index is 658. The average Bonchev–Trinajstić information content (AvgIpc) is 2.73. The molecule has 1 aromatic carbocycles. The van der Waals surface area contributed by atoms with Crippen LogP contribution >= 0.6 is 0 Å². The molecule has 1 aliphatic rings. The predicted molar refractivity (Wildman–Crippen MR) is 78.9 cm³/mol. The first-order chi connectivity index (χ1) is 9.58. The standard InChI is InChI=1S/C16H20N2O2/c1-11(2)9-18-14-6-4-3-5-12(14)13-10-17(16(19)20)8-7-15(13)18/h3-6,11H,7-10H2,1-2H3,(H,19,20). The van der Waals surface area contributed by atoms with Crippen LogP contribution in [0.2, 0.25) is 0 Å². The molecule has 0 atom stereocenters. The second-order valence-corrected chi connectivity index (χ2v) is 5.90. The zero-order valence-corrected chi connectivity index (χ0v) is 12.0. The van der Waals surface area contributed by atoms with Crippen LogP contribution in [0.15, 0.2) is 24.3 Å². The van der Waals surface area contributed by atoms with E-state index in [-0.39, 0.29) is 0 Å². The summed E-state index contributed by atoms with van der Waals surface area (Å²) in [5.41, 5.74) is 3.74. The molecule has 1 N–H and O–H groups in total. The summed E-state index contributed by atoms with van der Waals surface area (Å²) in [5.74, 6) is 0.576. The highest BCUT2D eigenvalue weighted by molar-refractivity contribution is 5.86. The zero-order valence-electron chi connectivity index (χ0n) is 12.0. The van der Waals surface area contributed by atoms with Crippen molar-refractivity contribution in [3.63, 3.8) is 0 Å². The monoisotopic (exact) mass is 272 g/mol. The van der Waals surface area contributed by atoms with Crippen LogP contribution in [0.3, 0.4) is 0 Å². The third kappa shape index (κ3) is 2.05. The molecule has 0 bridgehead atoms. The molecule has 0 aliphatic carbocycles. The van der Waals surface area contributed by atoms with Gasteiger partial charge in [0.2, 0.25) is 0 Å². The van der Waals surface area contributed by atoms with Crippen molar-refractivity contribution in [2.24, 2.45) is 5.92 Å². The van der Waals surface area contributed by atoms with Crippen LogP contribution in [0.5, 0.6) is 0 Å². The van der Waals surface area contributed by atoms with E-state index >= 15 is 0 Å². The van der Waals surface area contributed by atoms with Crippen molar-refractivity contribution in [3.05, 3.63) is 35.5 Å². The average molecular weight is 272 g/mol. The lowest BCUT2D eigenvalue weighted by Crippen LogP contribution is -2.35. The summed E-state index contributed by atoms with van der Waals surface area (Å²) in [6.45, 7) is 6.52. The van der Waals surface area contributed by atoms with Gasteiger partial charge in [0.1, 0.15) is 0 Å². The third-order valence-electron chi connectivity index (χ3n) is 3.98. The Hall–Kier alpha value is -1.97. The minimum Gasteiger partial charge on any atom is -0.465 e. The predicted octanol–water partition coefficient (Wildman–Crippen LogP) is 3.33. The molecule has 0 radical (unpaired) electrons. The van der Waals surface area contributed by atoms with E-state index in [9.17, 15) is 9.90 Å². The van der Waals surface area contributed by atoms with E-state index in [2.05, 4.69) is 36.6 Å². The highest BCUT2D eigenvalue weighted by atomic mass is 16.4. The molecular formula is C16H20N2O2. The Labute approximate surface area is 118 Å². The summed E-state index contributed by atoms with van der Waals surface area (Å²) < 4.78 is 2.38. The Morgan fingerprint density at radius 3 is 2.80 bits per heavy atom. The summed E-state index contributed by atoms with van der Waals surface area (Å²) >= 11 is 0. The van der Waals surface area contributed by atoms with E-state index in [1.54, 1.807) is 0 Å². The fraction of sp³-hybridized carbons (Fsp3) is 0.438. The molecule has 0 unspecified atom stereocenters. The van der Waals surface area contributed by atoms with E-state index in [0.29, 0.717) is 19.0 Å². The normalized spacial score (nSPS) is 14.8. The van der Waals surface area contributed by atoms with Crippen molar-refractivity contribution in [2.75, 3.05) is 6.54 Å². The van der Waals surface area contributed by atoms with E-state index in [4.69, 9.17) is 0 Å². The molecule has 0 saturated carbocycles. The molecule has 1 aromatic heterocycles. The molecule has 2 heterocycles. The third-order valence-corrected chi connectivity index (χ3v) is 3.98. The summed E-state index contributed by atoms with van der Waals surface area (Å²) in [6, 6.07) is 8.33. The number of hydrogen-bond donors (Lipinski definition) is 1. The van der Waals surface area contributed by atoms with E-state index < -0.39 is 6.09 Å². The lowest BCUT2D eigenvalue weighted by molar-refractivity contribution is 0.139. The summed E-state index contributed by atoms with van der Waals surface area (Å²) in [7, 11) is 0. The van der Waals surface area contributed by atoms with Gasteiger partial charge < -0.3 is 14.6 Å². The van der Waals surface area contributed by atoms with Gasteiger partial charge in [-0.15, -0.1) is 0 Å². The largest absolute Gasteiger partial charge is 0.465 e. The Kier molecular flexibility index (Phi) is 3.16. The van der Waals surface area contributed by atoms with E-state index in [1.165, 1.54) is 27.1 Å². The van der Waals surface area contributed by atoms with Gasteiger partial charge in [-0.25, -0.2) is 4.79 Å².